The van der Waals surface area contributed by atoms with Gasteiger partial charge in [0.05, 0.1) is 5.38 Å². The Morgan fingerprint density at radius 3 is 2.77 bits per heavy atom. The fourth-order valence-electron chi connectivity index (χ4n) is 1.69. The summed E-state index contributed by atoms with van der Waals surface area (Å²) in [6, 6.07) is 0.430. The van der Waals surface area contributed by atoms with E-state index in [1.807, 2.05) is 7.05 Å². The molecule has 0 amide bonds. The fourth-order valence-corrected chi connectivity index (χ4v) is 1.97. The van der Waals surface area contributed by atoms with Gasteiger partial charge in [0.1, 0.15) is 6.10 Å². The van der Waals surface area contributed by atoms with E-state index < -0.39 is 0 Å². The summed E-state index contributed by atoms with van der Waals surface area (Å²) in [6.45, 7) is 1.42. The Balaban J connectivity index is 2.44. The molecule has 0 heterocycles. The van der Waals surface area contributed by atoms with Crippen LogP contribution in [0.1, 0.15) is 26.2 Å². The van der Waals surface area contributed by atoms with Crippen LogP contribution in [0.4, 0.5) is 0 Å². The number of hydrogen-bond donors (Lipinski definition) is 1. The van der Waals surface area contributed by atoms with E-state index in [-0.39, 0.29) is 17.5 Å². The van der Waals surface area contributed by atoms with Crippen molar-refractivity contribution in [2.24, 2.45) is 0 Å². The normalized spacial score (nSPS) is 34.2. The van der Waals surface area contributed by atoms with Crippen molar-refractivity contribution in [3.8, 4) is 0 Å². The van der Waals surface area contributed by atoms with E-state index >= 15 is 0 Å². The van der Waals surface area contributed by atoms with E-state index in [0.717, 1.165) is 19.3 Å². The molecule has 0 spiro atoms. The van der Waals surface area contributed by atoms with E-state index in [0.29, 0.717) is 6.04 Å². The van der Waals surface area contributed by atoms with E-state index in [9.17, 15) is 4.79 Å². The van der Waals surface area contributed by atoms with Crippen LogP contribution >= 0.6 is 11.6 Å². The minimum atomic E-state index is -0.243. The molecule has 13 heavy (non-hydrogen) atoms. The number of hydrogen-bond acceptors (Lipinski definition) is 3. The van der Waals surface area contributed by atoms with Crippen molar-refractivity contribution in [1.29, 1.82) is 0 Å². The van der Waals surface area contributed by atoms with Gasteiger partial charge in [-0.05, 0) is 19.9 Å². The van der Waals surface area contributed by atoms with Crippen LogP contribution in [0.5, 0.6) is 0 Å². The van der Waals surface area contributed by atoms with Crippen molar-refractivity contribution in [3.05, 3.63) is 0 Å². The number of alkyl halides is 1. The number of esters is 1. The van der Waals surface area contributed by atoms with Crippen LogP contribution in [0.3, 0.4) is 0 Å². The molecule has 0 saturated heterocycles. The lowest BCUT2D eigenvalue weighted by Gasteiger charge is -2.31. The van der Waals surface area contributed by atoms with E-state index in [1.54, 1.807) is 0 Å². The average Bonchev–Trinajstić information content (AvgIpc) is 2.08. The molecular formula is C9H16ClNO2. The number of carbonyl (C=O) groups is 1. The zero-order chi connectivity index (χ0) is 9.84. The first kappa shape index (κ1) is 10.8. The first-order valence-corrected chi connectivity index (χ1v) is 5.05. The number of halogens is 1. The number of rotatable bonds is 2. The minimum Gasteiger partial charge on any atom is -0.461 e. The molecule has 4 heteroatoms. The summed E-state index contributed by atoms with van der Waals surface area (Å²) in [5.41, 5.74) is 0. The molecule has 1 N–H and O–H groups in total. The third-order valence-corrected chi connectivity index (χ3v) is 2.94. The highest BCUT2D eigenvalue weighted by molar-refractivity contribution is 6.21. The van der Waals surface area contributed by atoms with Crippen molar-refractivity contribution >= 4 is 17.6 Å². The molecular weight excluding hydrogens is 190 g/mol. The minimum absolute atomic E-state index is 0.0199. The smallest absolute Gasteiger partial charge is 0.302 e. The van der Waals surface area contributed by atoms with Gasteiger partial charge in [-0.2, -0.15) is 0 Å². The third-order valence-electron chi connectivity index (χ3n) is 2.44. The number of carbonyl (C=O) groups excluding carboxylic acids is 1. The van der Waals surface area contributed by atoms with Crippen LogP contribution in [0.2, 0.25) is 0 Å². The molecule has 0 aliphatic heterocycles. The Hall–Kier alpha value is -0.280. The number of nitrogens with one attached hydrogen (secondary N) is 1. The molecule has 3 unspecified atom stereocenters. The summed E-state index contributed by atoms with van der Waals surface area (Å²) in [7, 11) is 1.92. The molecule has 0 aromatic carbocycles. The molecule has 1 fully saturated rings. The zero-order valence-electron chi connectivity index (χ0n) is 8.05. The lowest BCUT2D eigenvalue weighted by Crippen LogP contribution is -2.41. The molecule has 0 bridgehead atoms. The summed E-state index contributed by atoms with van der Waals surface area (Å²) >= 11 is 6.04. The molecule has 1 aliphatic carbocycles. The Morgan fingerprint density at radius 1 is 1.54 bits per heavy atom. The SMILES string of the molecule is CNC1CCC(Cl)C(OC(C)=O)C1. The molecule has 76 valence electrons. The molecule has 0 radical (unpaired) electrons. The van der Waals surface area contributed by atoms with Gasteiger partial charge in [-0.3, -0.25) is 4.79 Å². The van der Waals surface area contributed by atoms with Gasteiger partial charge in [0.15, 0.2) is 0 Å². The van der Waals surface area contributed by atoms with Gasteiger partial charge in [-0.1, -0.05) is 0 Å². The quantitative estimate of drug-likeness (QED) is 0.546. The van der Waals surface area contributed by atoms with Crippen molar-refractivity contribution in [2.75, 3.05) is 7.05 Å². The van der Waals surface area contributed by atoms with E-state index in [2.05, 4.69) is 5.32 Å². The Morgan fingerprint density at radius 2 is 2.23 bits per heavy atom. The van der Waals surface area contributed by atoms with Crippen molar-refractivity contribution in [3.63, 3.8) is 0 Å². The highest BCUT2D eigenvalue weighted by atomic mass is 35.5. The van der Waals surface area contributed by atoms with Crippen LogP contribution in [-0.2, 0) is 9.53 Å². The van der Waals surface area contributed by atoms with Gasteiger partial charge in [0, 0.05) is 19.4 Å². The van der Waals surface area contributed by atoms with Gasteiger partial charge in [-0.25, -0.2) is 0 Å². The summed E-state index contributed by atoms with van der Waals surface area (Å²) in [5.74, 6) is -0.243. The van der Waals surface area contributed by atoms with E-state index in [4.69, 9.17) is 16.3 Å². The van der Waals surface area contributed by atoms with Crippen molar-refractivity contribution in [2.45, 2.75) is 43.7 Å². The molecule has 3 nitrogen and oxygen atoms in total. The second-order valence-electron chi connectivity index (χ2n) is 3.46. The predicted octanol–water partition coefficient (Wildman–Crippen LogP) is 1.30. The average molecular weight is 206 g/mol. The van der Waals surface area contributed by atoms with Gasteiger partial charge in [0.2, 0.25) is 0 Å². The molecule has 1 aliphatic rings. The molecule has 1 rings (SSSR count). The Kier molecular flexibility index (Phi) is 4.00. The lowest BCUT2D eigenvalue weighted by molar-refractivity contribution is -0.147. The maximum atomic E-state index is 10.8. The zero-order valence-corrected chi connectivity index (χ0v) is 8.80. The largest absolute Gasteiger partial charge is 0.461 e. The van der Waals surface area contributed by atoms with Gasteiger partial charge in [0.25, 0.3) is 0 Å². The Labute approximate surface area is 83.8 Å². The Bertz CT molecular complexity index is 186. The lowest BCUT2D eigenvalue weighted by atomic mass is 9.92. The summed E-state index contributed by atoms with van der Waals surface area (Å²) < 4.78 is 5.12. The standard InChI is InChI=1S/C9H16ClNO2/c1-6(12)13-9-5-7(11-2)3-4-8(9)10/h7-9,11H,3-5H2,1-2H3. The van der Waals surface area contributed by atoms with Gasteiger partial charge >= 0.3 is 5.97 Å². The second-order valence-corrected chi connectivity index (χ2v) is 4.02. The summed E-state index contributed by atoms with van der Waals surface area (Å²) in [4.78, 5) is 10.8. The van der Waals surface area contributed by atoms with Crippen molar-refractivity contribution in [1.82, 2.24) is 5.32 Å². The van der Waals surface area contributed by atoms with Crippen LogP contribution in [0.25, 0.3) is 0 Å². The predicted molar refractivity (Wildman–Crippen MR) is 51.9 cm³/mol. The number of ether oxygens (including phenoxy) is 1. The highest BCUT2D eigenvalue weighted by Crippen LogP contribution is 2.25. The molecule has 0 aromatic rings. The van der Waals surface area contributed by atoms with Crippen LogP contribution in [0, 0.1) is 0 Å². The monoisotopic (exact) mass is 205 g/mol. The van der Waals surface area contributed by atoms with Crippen LogP contribution in [-0.4, -0.2) is 30.5 Å². The fraction of sp³-hybridized carbons (Fsp3) is 0.889. The van der Waals surface area contributed by atoms with Gasteiger partial charge < -0.3 is 10.1 Å². The molecule has 0 aromatic heterocycles. The van der Waals surface area contributed by atoms with Crippen LogP contribution < -0.4 is 5.32 Å². The maximum absolute atomic E-state index is 10.8. The van der Waals surface area contributed by atoms with Crippen molar-refractivity contribution < 1.29 is 9.53 Å². The first-order chi connectivity index (χ1) is 6.13. The third kappa shape index (κ3) is 3.16. The second kappa shape index (κ2) is 4.82. The highest BCUT2D eigenvalue weighted by Gasteiger charge is 2.30. The maximum Gasteiger partial charge on any atom is 0.302 e. The van der Waals surface area contributed by atoms with Crippen LogP contribution in [0.15, 0.2) is 0 Å². The first-order valence-electron chi connectivity index (χ1n) is 4.62. The van der Waals surface area contributed by atoms with E-state index in [1.165, 1.54) is 6.92 Å². The summed E-state index contributed by atoms with van der Waals surface area (Å²) in [5, 5.41) is 3.16. The van der Waals surface area contributed by atoms with Gasteiger partial charge in [-0.15, -0.1) is 11.6 Å². The summed E-state index contributed by atoms with van der Waals surface area (Å²) in [6.07, 6.45) is 2.67. The molecule has 3 atom stereocenters. The molecule has 1 saturated carbocycles. The topological polar surface area (TPSA) is 38.3 Å².